The number of imidazole rings is 1. The van der Waals surface area contributed by atoms with Crippen molar-refractivity contribution >= 4 is 54.1 Å². The minimum atomic E-state index is -3.44. The number of hydrogen-bond donors (Lipinski definition) is 2. The third kappa shape index (κ3) is 20.6. The van der Waals surface area contributed by atoms with Gasteiger partial charge in [-0.25, -0.2) is 28.4 Å². The van der Waals surface area contributed by atoms with Crippen molar-refractivity contribution in [1.82, 2.24) is 34.7 Å². The number of pyridine rings is 1. The Hall–Kier alpha value is -3.96. The van der Waals surface area contributed by atoms with E-state index in [-0.39, 0.29) is 11.1 Å². The van der Waals surface area contributed by atoms with Crippen molar-refractivity contribution in [2.24, 2.45) is 5.92 Å². The number of methoxy groups -OCH3 is 1. The van der Waals surface area contributed by atoms with Crippen LogP contribution in [0.25, 0.3) is 21.3 Å². The first kappa shape index (κ1) is 55.0. The molecule has 5 heterocycles. The molecular formula is C46H70N8O12S2. The van der Waals surface area contributed by atoms with Gasteiger partial charge in [0.25, 0.3) is 0 Å². The van der Waals surface area contributed by atoms with Crippen LogP contribution < -0.4 is 11.1 Å². The molecule has 0 aliphatic carbocycles. The molecule has 378 valence electrons. The first-order chi connectivity index (χ1) is 33.2. The molecule has 1 amide bonds. The number of rotatable bonds is 36. The van der Waals surface area contributed by atoms with Crippen molar-refractivity contribution in [2.45, 2.75) is 50.2 Å². The Morgan fingerprint density at radius 1 is 0.809 bits per heavy atom. The zero-order valence-electron chi connectivity index (χ0n) is 39.7. The maximum Gasteiger partial charge on any atom is 0.246 e. The van der Waals surface area contributed by atoms with Crippen molar-refractivity contribution in [2.75, 3.05) is 158 Å². The Morgan fingerprint density at radius 3 is 1.93 bits per heavy atom. The monoisotopic (exact) mass is 990 g/mol. The van der Waals surface area contributed by atoms with E-state index in [1.807, 2.05) is 6.07 Å². The summed E-state index contributed by atoms with van der Waals surface area (Å²) in [5.41, 5.74) is 9.70. The average Bonchev–Trinajstić information content (AvgIpc) is 3.95. The summed E-state index contributed by atoms with van der Waals surface area (Å²) in [6, 6.07) is 2.03. The molecule has 68 heavy (non-hydrogen) atoms. The number of fused-ring (bicyclic) bond motifs is 3. The van der Waals surface area contributed by atoms with Crippen LogP contribution in [-0.2, 0) is 70.2 Å². The summed E-state index contributed by atoms with van der Waals surface area (Å²) in [6.07, 6.45) is 8.21. The lowest BCUT2D eigenvalue weighted by Crippen LogP contribution is -2.37. The highest BCUT2D eigenvalue weighted by molar-refractivity contribution is 7.90. The number of anilines is 1. The zero-order chi connectivity index (χ0) is 48.1. The van der Waals surface area contributed by atoms with E-state index in [2.05, 4.69) is 47.0 Å². The maximum absolute atomic E-state index is 12.0. The Bertz CT molecular complexity index is 2210. The molecule has 0 bridgehead atoms. The number of amides is 1. The van der Waals surface area contributed by atoms with Gasteiger partial charge in [-0.05, 0) is 49.7 Å². The maximum atomic E-state index is 12.0. The average molecular weight is 991 g/mol. The highest BCUT2D eigenvalue weighted by Crippen LogP contribution is 2.34. The predicted molar refractivity (Wildman–Crippen MR) is 257 cm³/mol. The molecule has 0 unspecified atom stereocenters. The van der Waals surface area contributed by atoms with E-state index in [1.54, 1.807) is 18.4 Å². The fourth-order valence-electron chi connectivity index (χ4n) is 7.15. The third-order valence-corrected chi connectivity index (χ3v) is 12.5. The number of sulfone groups is 1. The number of nitrogens with one attached hydrogen (secondary N) is 1. The Kier molecular flexibility index (Phi) is 25.9. The van der Waals surface area contributed by atoms with Gasteiger partial charge in [0.2, 0.25) is 20.9 Å². The fourth-order valence-corrected chi connectivity index (χ4v) is 8.52. The summed E-state index contributed by atoms with van der Waals surface area (Å²) in [4.78, 5) is 31.6. The van der Waals surface area contributed by atoms with Crippen molar-refractivity contribution in [3.05, 3.63) is 35.2 Å². The number of nitrogens with two attached hydrogens (primary N) is 1. The summed E-state index contributed by atoms with van der Waals surface area (Å²) in [5.74, 6) is 7.78. The number of nitrogen functional groups attached to an aromatic ring is 1. The number of likely N-dealkylation sites (tertiary alicyclic amines) is 1. The number of thiophene rings is 1. The van der Waals surface area contributed by atoms with Gasteiger partial charge in [0, 0.05) is 64.7 Å². The number of unbranched alkanes of at least 4 members (excludes halogenated alkanes) is 1. The minimum absolute atomic E-state index is 0.0760. The molecule has 22 heteroatoms. The number of carbonyl (C=O) groups excluding carboxylic acids is 1. The van der Waals surface area contributed by atoms with Crippen LogP contribution in [0.15, 0.2) is 29.0 Å². The Labute approximate surface area is 404 Å². The van der Waals surface area contributed by atoms with Gasteiger partial charge in [-0.15, -0.1) is 11.3 Å². The molecule has 1 aliphatic rings. The third-order valence-electron chi connectivity index (χ3n) is 10.7. The van der Waals surface area contributed by atoms with Gasteiger partial charge in [0.15, 0.2) is 5.82 Å². The fraction of sp³-hybridized carbons (Fsp3) is 0.674. The predicted octanol–water partition coefficient (Wildman–Crippen LogP) is 2.79. The molecule has 0 aromatic carbocycles. The number of piperidine rings is 1. The number of ether oxygens (including phenoxy) is 9. The van der Waals surface area contributed by atoms with E-state index in [9.17, 15) is 13.2 Å². The van der Waals surface area contributed by atoms with E-state index >= 15 is 0 Å². The molecule has 5 rings (SSSR count). The van der Waals surface area contributed by atoms with Crippen LogP contribution in [0, 0.1) is 17.8 Å². The number of hydrogen-bond acceptors (Lipinski definition) is 19. The van der Waals surface area contributed by atoms with Crippen LogP contribution in [0.5, 0.6) is 0 Å². The summed E-state index contributed by atoms with van der Waals surface area (Å²) in [7, 11) is -1.72. The zero-order valence-corrected chi connectivity index (χ0v) is 41.3. The number of aromatic nitrogens is 5. The topological polar surface area (TPSA) is 232 Å². The highest BCUT2D eigenvalue weighted by Gasteiger charge is 2.24. The van der Waals surface area contributed by atoms with Gasteiger partial charge < -0.3 is 63.1 Å². The lowest BCUT2D eigenvalue weighted by molar-refractivity contribution is -0.121. The van der Waals surface area contributed by atoms with Gasteiger partial charge >= 0.3 is 0 Å². The second-order valence-corrected chi connectivity index (χ2v) is 18.8. The van der Waals surface area contributed by atoms with Gasteiger partial charge in [-0.1, -0.05) is 11.8 Å². The molecule has 1 saturated heterocycles. The standard InChI is InChI=1S/C46H70N8O12S2/c1-58-16-10-40-52-42-43(44-39(11-33-67-44)51-45(42)47)54(40)36-37-8-13-53(14-9-37)15-18-60-20-22-62-24-26-64-28-30-66-32-31-65-29-27-63-25-23-61-21-19-59-17-12-48-41(55)7-5-3-4-6-38-34-49-46(50-35-38)68(2,56)57/h11,33-35,37H,3,5,7-10,12-32,36H2,1-2H3,(H2,47,51)(H,48,55). The van der Waals surface area contributed by atoms with Crippen LogP contribution in [0.3, 0.4) is 0 Å². The van der Waals surface area contributed by atoms with Crippen molar-refractivity contribution in [1.29, 1.82) is 0 Å². The molecule has 4 aromatic rings. The van der Waals surface area contributed by atoms with Crippen molar-refractivity contribution < 1.29 is 55.8 Å². The lowest BCUT2D eigenvalue weighted by Gasteiger charge is -2.32. The van der Waals surface area contributed by atoms with Crippen LogP contribution in [0.2, 0.25) is 0 Å². The number of carbonyl (C=O) groups is 1. The number of nitrogens with zero attached hydrogens (tertiary/aromatic N) is 6. The van der Waals surface area contributed by atoms with Crippen LogP contribution >= 0.6 is 11.3 Å². The largest absolute Gasteiger partial charge is 0.384 e. The lowest BCUT2D eigenvalue weighted by atomic mass is 9.96. The van der Waals surface area contributed by atoms with E-state index in [0.717, 1.165) is 78.8 Å². The van der Waals surface area contributed by atoms with Gasteiger partial charge in [-0.3, -0.25) is 4.79 Å². The summed E-state index contributed by atoms with van der Waals surface area (Å²) < 4.78 is 76.4. The summed E-state index contributed by atoms with van der Waals surface area (Å²) >= 11 is 1.70. The Morgan fingerprint density at radius 2 is 1.37 bits per heavy atom. The van der Waals surface area contributed by atoms with E-state index in [1.165, 1.54) is 12.4 Å². The van der Waals surface area contributed by atoms with E-state index in [0.29, 0.717) is 155 Å². The van der Waals surface area contributed by atoms with Gasteiger partial charge in [0.1, 0.15) is 11.3 Å². The second-order valence-electron chi connectivity index (χ2n) is 15.9. The molecular weight excluding hydrogens is 921 g/mol. The van der Waals surface area contributed by atoms with Gasteiger partial charge in [-0.2, -0.15) is 0 Å². The normalized spacial score (nSPS) is 13.7. The molecule has 1 aliphatic heterocycles. The van der Waals surface area contributed by atoms with Crippen molar-refractivity contribution in [3.8, 4) is 11.8 Å². The van der Waals surface area contributed by atoms with Crippen LogP contribution in [0.1, 0.15) is 43.5 Å². The summed E-state index contributed by atoms with van der Waals surface area (Å²) in [6.45, 7) is 12.8. The van der Waals surface area contributed by atoms with E-state index < -0.39 is 9.84 Å². The first-order valence-corrected chi connectivity index (χ1v) is 26.1. The second kappa shape index (κ2) is 32.0. The van der Waals surface area contributed by atoms with Gasteiger partial charge in [0.05, 0.1) is 134 Å². The minimum Gasteiger partial charge on any atom is -0.384 e. The Balaban J connectivity index is 0.718. The SMILES string of the molecule is COCCc1nc2c(N)nc3ccsc3c2n1CC1CCN(CCOCCOCCOCCOCCOCCOCCOCCOCCNC(=O)CCCC#Cc2cnc(S(C)(=O)=O)nc2)CC1. The quantitative estimate of drug-likeness (QED) is 0.0379. The first-order valence-electron chi connectivity index (χ1n) is 23.4. The molecule has 4 aromatic heterocycles. The molecule has 0 spiro atoms. The molecule has 1 fully saturated rings. The van der Waals surface area contributed by atoms with Crippen LogP contribution in [-0.4, -0.2) is 196 Å². The van der Waals surface area contributed by atoms with Crippen molar-refractivity contribution in [3.63, 3.8) is 0 Å². The van der Waals surface area contributed by atoms with E-state index in [4.69, 9.17) is 53.3 Å². The molecule has 0 radical (unpaired) electrons. The summed E-state index contributed by atoms with van der Waals surface area (Å²) in [5, 5.41) is 4.64. The smallest absolute Gasteiger partial charge is 0.246 e. The van der Waals surface area contributed by atoms with Crippen LogP contribution in [0.4, 0.5) is 5.82 Å². The molecule has 20 nitrogen and oxygen atoms in total. The molecule has 3 N–H and O–H groups in total. The highest BCUT2D eigenvalue weighted by atomic mass is 32.2. The molecule has 0 saturated carbocycles. The molecule has 0 atom stereocenters.